The Hall–Kier alpha value is -2.19. The lowest BCUT2D eigenvalue weighted by molar-refractivity contribution is -0.208. The van der Waals surface area contributed by atoms with E-state index in [1.807, 2.05) is 25.1 Å². The largest absolute Gasteiger partial charge is 0.365 e. The molecule has 2 amide bonds. The molecule has 1 unspecified atom stereocenters. The van der Waals surface area contributed by atoms with Gasteiger partial charge in [-0.25, -0.2) is 4.98 Å². The monoisotopic (exact) mass is 350 g/mol. The summed E-state index contributed by atoms with van der Waals surface area (Å²) in [7, 11) is 0. The highest BCUT2D eigenvalue weighted by Crippen LogP contribution is 2.26. The fourth-order valence-corrected chi connectivity index (χ4v) is 3.19. The van der Waals surface area contributed by atoms with Gasteiger partial charge in [0.25, 0.3) is 11.7 Å². The lowest BCUT2D eigenvalue weighted by Gasteiger charge is -2.42. The fourth-order valence-electron chi connectivity index (χ4n) is 3.19. The van der Waals surface area contributed by atoms with Crippen molar-refractivity contribution in [3.05, 3.63) is 24.4 Å². The van der Waals surface area contributed by atoms with Crippen LogP contribution in [0.25, 0.3) is 0 Å². The molecule has 4 N–H and O–H groups in total. The smallest absolute Gasteiger partial charge is 0.278 e. The Morgan fingerprint density at radius 1 is 1.40 bits per heavy atom. The highest BCUT2D eigenvalue weighted by atomic mass is 16.5. The van der Waals surface area contributed by atoms with Crippen molar-refractivity contribution in [2.45, 2.75) is 38.5 Å². The molecule has 25 heavy (non-hydrogen) atoms. The Labute approximate surface area is 147 Å². The van der Waals surface area contributed by atoms with Crippen molar-refractivity contribution in [3.8, 4) is 0 Å². The van der Waals surface area contributed by atoms with Crippen molar-refractivity contribution in [2.75, 3.05) is 24.5 Å². The third-order valence-electron chi connectivity index (χ3n) is 4.61. The summed E-state index contributed by atoms with van der Waals surface area (Å²) < 4.78 is 0. The molecular formula is C17H26N4O4. The number of pyridine rings is 1. The minimum absolute atomic E-state index is 0.161. The Morgan fingerprint density at radius 2 is 2.12 bits per heavy atom. The van der Waals surface area contributed by atoms with Gasteiger partial charge in [0.15, 0.2) is 0 Å². The number of piperazine rings is 1. The van der Waals surface area contributed by atoms with Gasteiger partial charge in [0.1, 0.15) is 11.7 Å². The zero-order valence-electron chi connectivity index (χ0n) is 14.6. The summed E-state index contributed by atoms with van der Waals surface area (Å²) in [5.41, 5.74) is 5.08. The van der Waals surface area contributed by atoms with E-state index in [1.54, 1.807) is 18.0 Å². The first-order valence-corrected chi connectivity index (χ1v) is 8.50. The van der Waals surface area contributed by atoms with Gasteiger partial charge in [-0.2, -0.15) is 0 Å². The molecule has 1 aliphatic rings. The Bertz CT molecular complexity index is 608. The summed E-state index contributed by atoms with van der Waals surface area (Å²) in [6, 6.07) is 5.49. The average molecular weight is 350 g/mol. The summed E-state index contributed by atoms with van der Waals surface area (Å²) >= 11 is 0. The van der Waals surface area contributed by atoms with Gasteiger partial charge >= 0.3 is 0 Å². The Morgan fingerprint density at radius 3 is 2.64 bits per heavy atom. The van der Waals surface area contributed by atoms with Crippen LogP contribution in [-0.2, 0) is 9.59 Å². The van der Waals surface area contributed by atoms with E-state index in [-0.39, 0.29) is 12.5 Å². The van der Waals surface area contributed by atoms with Crippen molar-refractivity contribution in [1.82, 2.24) is 9.88 Å². The number of aliphatic hydroxyl groups is 2. The molecular weight excluding hydrogens is 324 g/mol. The zero-order valence-corrected chi connectivity index (χ0v) is 14.6. The van der Waals surface area contributed by atoms with Gasteiger partial charge in [-0.3, -0.25) is 9.59 Å². The zero-order chi connectivity index (χ0) is 18.6. The molecule has 1 aromatic rings. The minimum Gasteiger partial charge on any atom is -0.365 e. The molecule has 1 saturated heterocycles. The molecule has 2 rings (SSSR count). The molecule has 0 bridgehead atoms. The van der Waals surface area contributed by atoms with Crippen molar-refractivity contribution >= 4 is 17.6 Å². The standard InChI is InChI=1S/C17H26N4O4/c1-3-6-13(17(24,25)16(18)23)15(22)21-10-9-20(11-12(21)2)14-7-4-5-8-19-14/h4-5,7-8,12-13,24-25H,3,6,9-11H2,1-2H3,(H2,18,23)/t12-,13?/m0/s1. The van der Waals surface area contributed by atoms with E-state index in [9.17, 15) is 19.8 Å². The van der Waals surface area contributed by atoms with Crippen LogP contribution in [-0.4, -0.2) is 63.4 Å². The Kier molecular flexibility index (Phi) is 5.97. The first kappa shape index (κ1) is 19.1. The van der Waals surface area contributed by atoms with Gasteiger partial charge < -0.3 is 25.7 Å². The molecule has 138 valence electrons. The number of anilines is 1. The van der Waals surface area contributed by atoms with Crippen LogP contribution in [0.5, 0.6) is 0 Å². The fraction of sp³-hybridized carbons (Fsp3) is 0.588. The SMILES string of the molecule is CCCC(C(=O)N1CCN(c2ccccn2)C[C@@H]1C)C(O)(O)C(N)=O. The minimum atomic E-state index is -2.84. The quantitative estimate of drug-likeness (QED) is 0.606. The number of nitrogens with two attached hydrogens (primary N) is 1. The van der Waals surface area contributed by atoms with E-state index in [4.69, 9.17) is 5.73 Å². The number of carbonyl (C=O) groups excluding carboxylic acids is 2. The predicted octanol–water partition coefficient (Wildman–Crippen LogP) is -0.299. The third kappa shape index (κ3) is 4.08. The molecule has 8 heteroatoms. The van der Waals surface area contributed by atoms with Crippen molar-refractivity contribution in [2.24, 2.45) is 11.7 Å². The van der Waals surface area contributed by atoms with Gasteiger partial charge in [0, 0.05) is 31.9 Å². The lowest BCUT2D eigenvalue weighted by Crippen LogP contribution is -2.60. The van der Waals surface area contributed by atoms with Crippen LogP contribution < -0.4 is 10.6 Å². The molecule has 2 heterocycles. The maximum Gasteiger partial charge on any atom is 0.278 e. The van der Waals surface area contributed by atoms with E-state index in [2.05, 4.69) is 9.88 Å². The molecule has 1 aromatic heterocycles. The number of nitrogens with zero attached hydrogens (tertiary/aromatic N) is 3. The van der Waals surface area contributed by atoms with Gasteiger partial charge in [-0.15, -0.1) is 0 Å². The molecule has 2 atom stereocenters. The number of amides is 2. The van der Waals surface area contributed by atoms with Gasteiger partial charge in [-0.1, -0.05) is 19.4 Å². The second-order valence-electron chi connectivity index (χ2n) is 6.45. The summed E-state index contributed by atoms with van der Waals surface area (Å²) in [6.07, 6.45) is 2.41. The second kappa shape index (κ2) is 7.79. The Balaban J connectivity index is 2.12. The van der Waals surface area contributed by atoms with E-state index < -0.39 is 23.5 Å². The topological polar surface area (TPSA) is 120 Å². The first-order valence-electron chi connectivity index (χ1n) is 8.50. The molecule has 1 aliphatic heterocycles. The van der Waals surface area contributed by atoms with E-state index in [0.29, 0.717) is 26.1 Å². The van der Waals surface area contributed by atoms with Gasteiger partial charge in [0.05, 0.1) is 0 Å². The lowest BCUT2D eigenvalue weighted by atomic mass is 9.90. The highest BCUT2D eigenvalue weighted by molar-refractivity contribution is 5.90. The third-order valence-corrected chi connectivity index (χ3v) is 4.61. The molecule has 1 fully saturated rings. The van der Waals surface area contributed by atoms with Crippen molar-refractivity contribution in [3.63, 3.8) is 0 Å². The summed E-state index contributed by atoms with van der Waals surface area (Å²) in [6.45, 7) is 5.25. The van der Waals surface area contributed by atoms with E-state index in [1.165, 1.54) is 0 Å². The van der Waals surface area contributed by atoms with E-state index >= 15 is 0 Å². The van der Waals surface area contributed by atoms with Crippen molar-refractivity contribution < 1.29 is 19.8 Å². The summed E-state index contributed by atoms with van der Waals surface area (Å²) in [5, 5.41) is 20.0. The molecule has 8 nitrogen and oxygen atoms in total. The number of carbonyl (C=O) groups is 2. The van der Waals surface area contributed by atoms with Gasteiger partial charge in [-0.05, 0) is 25.5 Å². The molecule has 0 aromatic carbocycles. The molecule has 0 spiro atoms. The van der Waals surface area contributed by atoms with Crippen LogP contribution in [0.15, 0.2) is 24.4 Å². The highest BCUT2D eigenvalue weighted by Gasteiger charge is 2.47. The molecule has 0 saturated carbocycles. The predicted molar refractivity (Wildman–Crippen MR) is 92.4 cm³/mol. The average Bonchev–Trinajstić information content (AvgIpc) is 2.59. The van der Waals surface area contributed by atoms with Crippen molar-refractivity contribution in [1.29, 1.82) is 0 Å². The van der Waals surface area contributed by atoms with Gasteiger partial charge in [0.2, 0.25) is 5.91 Å². The maximum atomic E-state index is 12.9. The van der Waals surface area contributed by atoms with E-state index in [0.717, 1.165) is 5.82 Å². The molecule has 0 radical (unpaired) electrons. The number of aromatic nitrogens is 1. The van der Waals surface area contributed by atoms with Crippen LogP contribution in [0.4, 0.5) is 5.82 Å². The van der Waals surface area contributed by atoms with Crippen LogP contribution in [0.1, 0.15) is 26.7 Å². The number of primary amides is 1. The number of hydrogen-bond donors (Lipinski definition) is 3. The van der Waals surface area contributed by atoms with Crippen LogP contribution in [0.3, 0.4) is 0 Å². The van der Waals surface area contributed by atoms with Crippen LogP contribution in [0, 0.1) is 5.92 Å². The van der Waals surface area contributed by atoms with Crippen LogP contribution >= 0.6 is 0 Å². The summed E-state index contributed by atoms with van der Waals surface area (Å²) in [5.74, 6) is -5.04. The number of rotatable bonds is 6. The van der Waals surface area contributed by atoms with Crippen LogP contribution in [0.2, 0.25) is 0 Å². The number of hydrogen-bond acceptors (Lipinski definition) is 6. The normalized spacial score (nSPS) is 19.6. The summed E-state index contributed by atoms with van der Waals surface area (Å²) in [4.78, 5) is 32.2. The maximum absolute atomic E-state index is 12.9. The first-order chi connectivity index (χ1) is 11.8. The second-order valence-corrected chi connectivity index (χ2v) is 6.45. The molecule has 0 aliphatic carbocycles.